The fourth-order valence-electron chi connectivity index (χ4n) is 3.84. The first kappa shape index (κ1) is 16.7. The van der Waals surface area contributed by atoms with Gasteiger partial charge in [0.05, 0.1) is 11.4 Å². The largest absolute Gasteiger partial charge is 0.348 e. The number of carbonyl (C=O) groups is 1. The molecule has 1 aliphatic carbocycles. The van der Waals surface area contributed by atoms with Crippen LogP contribution in [0.4, 0.5) is 0 Å². The van der Waals surface area contributed by atoms with Crippen molar-refractivity contribution in [1.29, 1.82) is 0 Å². The van der Waals surface area contributed by atoms with Crippen LogP contribution in [-0.2, 0) is 7.05 Å². The van der Waals surface area contributed by atoms with Gasteiger partial charge in [-0.15, -0.1) is 0 Å². The molecule has 6 heteroatoms. The van der Waals surface area contributed by atoms with Gasteiger partial charge in [0.1, 0.15) is 5.69 Å². The molecule has 1 aliphatic rings. The second-order valence-corrected chi connectivity index (χ2v) is 6.87. The van der Waals surface area contributed by atoms with E-state index in [-0.39, 0.29) is 11.9 Å². The molecule has 0 bridgehead atoms. The normalized spacial score (nSPS) is 21.0. The van der Waals surface area contributed by atoms with Crippen LogP contribution in [0.3, 0.4) is 0 Å². The van der Waals surface area contributed by atoms with E-state index in [0.29, 0.717) is 11.6 Å². The van der Waals surface area contributed by atoms with E-state index in [9.17, 15) is 4.79 Å². The molecule has 0 spiro atoms. The molecule has 1 amide bonds. The number of carbonyl (C=O) groups excluding carboxylic acids is 1. The maximum absolute atomic E-state index is 12.6. The molecule has 0 radical (unpaired) electrons. The Morgan fingerprint density at radius 3 is 2.79 bits per heavy atom. The zero-order valence-corrected chi connectivity index (χ0v) is 15.0. The van der Waals surface area contributed by atoms with E-state index in [1.54, 1.807) is 0 Å². The molecule has 6 nitrogen and oxygen atoms in total. The molecular formula is C18H27N5O. The molecule has 2 N–H and O–H groups in total. The van der Waals surface area contributed by atoms with Crippen LogP contribution in [-0.4, -0.2) is 31.9 Å². The highest BCUT2D eigenvalue weighted by molar-refractivity contribution is 5.93. The monoisotopic (exact) mass is 329 g/mol. The fourth-order valence-corrected chi connectivity index (χ4v) is 3.84. The lowest BCUT2D eigenvalue weighted by molar-refractivity contribution is 0.0899. The van der Waals surface area contributed by atoms with E-state index in [0.717, 1.165) is 35.5 Å². The highest BCUT2D eigenvalue weighted by atomic mass is 16.2. The second kappa shape index (κ2) is 6.79. The Hall–Kier alpha value is -2.11. The van der Waals surface area contributed by atoms with Crippen molar-refractivity contribution in [2.75, 3.05) is 0 Å². The zero-order valence-electron chi connectivity index (χ0n) is 15.0. The van der Waals surface area contributed by atoms with E-state index < -0.39 is 0 Å². The molecule has 3 rings (SSSR count). The minimum atomic E-state index is -0.0571. The number of aryl methyl sites for hydroxylation is 2. The van der Waals surface area contributed by atoms with E-state index in [1.165, 1.54) is 19.3 Å². The molecular weight excluding hydrogens is 302 g/mol. The van der Waals surface area contributed by atoms with Crippen LogP contribution in [0.25, 0.3) is 11.3 Å². The van der Waals surface area contributed by atoms with Crippen LogP contribution >= 0.6 is 0 Å². The van der Waals surface area contributed by atoms with Crippen molar-refractivity contribution in [2.24, 2.45) is 13.0 Å². The molecule has 2 heterocycles. The van der Waals surface area contributed by atoms with Gasteiger partial charge >= 0.3 is 0 Å². The summed E-state index contributed by atoms with van der Waals surface area (Å²) in [5.41, 5.74) is 4.26. The van der Waals surface area contributed by atoms with Crippen molar-refractivity contribution in [1.82, 2.24) is 25.3 Å². The first-order chi connectivity index (χ1) is 11.5. The van der Waals surface area contributed by atoms with Gasteiger partial charge in [-0.3, -0.25) is 14.6 Å². The van der Waals surface area contributed by atoms with Crippen LogP contribution in [0.15, 0.2) is 6.07 Å². The molecule has 2 unspecified atom stereocenters. The highest BCUT2D eigenvalue weighted by Crippen LogP contribution is 2.28. The number of nitrogens with zero attached hydrogens (tertiary/aromatic N) is 3. The molecule has 2 aromatic rings. The van der Waals surface area contributed by atoms with Crippen molar-refractivity contribution < 1.29 is 4.79 Å². The highest BCUT2D eigenvalue weighted by Gasteiger charge is 2.26. The Bertz CT molecular complexity index is 730. The third-order valence-corrected chi connectivity index (χ3v) is 5.34. The van der Waals surface area contributed by atoms with Gasteiger partial charge in [-0.25, -0.2) is 0 Å². The molecule has 0 aromatic carbocycles. The van der Waals surface area contributed by atoms with E-state index in [1.807, 2.05) is 31.6 Å². The van der Waals surface area contributed by atoms with Crippen LogP contribution in [0.1, 0.15) is 60.9 Å². The molecule has 2 aromatic heterocycles. The third-order valence-electron chi connectivity index (χ3n) is 5.34. The van der Waals surface area contributed by atoms with Crippen LogP contribution < -0.4 is 5.32 Å². The summed E-state index contributed by atoms with van der Waals surface area (Å²) < 4.78 is 1.84. The first-order valence-corrected chi connectivity index (χ1v) is 8.88. The summed E-state index contributed by atoms with van der Waals surface area (Å²) in [7, 11) is 1.92. The summed E-state index contributed by atoms with van der Waals surface area (Å²) in [5.74, 6) is 0.534. The fraction of sp³-hybridized carbons (Fsp3) is 0.611. The van der Waals surface area contributed by atoms with E-state index >= 15 is 0 Å². The zero-order chi connectivity index (χ0) is 17.3. The van der Waals surface area contributed by atoms with Gasteiger partial charge < -0.3 is 5.32 Å². The topological polar surface area (TPSA) is 75.6 Å². The lowest BCUT2D eigenvalue weighted by Crippen LogP contribution is -2.42. The van der Waals surface area contributed by atoms with E-state index in [4.69, 9.17) is 0 Å². The number of nitrogens with one attached hydrogen (secondary N) is 2. The Labute approximate surface area is 143 Å². The van der Waals surface area contributed by atoms with Crippen LogP contribution in [0.2, 0.25) is 0 Å². The van der Waals surface area contributed by atoms with Gasteiger partial charge in [0, 0.05) is 24.3 Å². The van der Waals surface area contributed by atoms with Crippen molar-refractivity contribution in [2.45, 2.75) is 58.9 Å². The number of hydrogen-bond acceptors (Lipinski definition) is 3. The van der Waals surface area contributed by atoms with Gasteiger partial charge in [-0.2, -0.15) is 10.2 Å². The van der Waals surface area contributed by atoms with Gasteiger partial charge in [0.2, 0.25) is 0 Å². The molecule has 1 fully saturated rings. The van der Waals surface area contributed by atoms with Gasteiger partial charge in [0.15, 0.2) is 0 Å². The smallest absolute Gasteiger partial charge is 0.269 e. The molecule has 0 saturated heterocycles. The summed E-state index contributed by atoms with van der Waals surface area (Å²) in [5, 5.41) is 14.8. The lowest BCUT2D eigenvalue weighted by Gasteiger charge is -2.31. The number of hydrogen-bond donors (Lipinski definition) is 2. The summed E-state index contributed by atoms with van der Waals surface area (Å²) in [4.78, 5) is 12.6. The SMILES string of the molecule is CCC1CCCCC1NC(=O)c1cc(-c2c(C)nn(C)c2C)n[nH]1. The van der Waals surface area contributed by atoms with Gasteiger partial charge in [0.25, 0.3) is 5.91 Å². The van der Waals surface area contributed by atoms with Crippen molar-refractivity contribution >= 4 is 5.91 Å². The van der Waals surface area contributed by atoms with Gasteiger partial charge in [-0.05, 0) is 38.7 Å². The average Bonchev–Trinajstić information content (AvgIpc) is 3.13. The average molecular weight is 329 g/mol. The number of rotatable bonds is 4. The summed E-state index contributed by atoms with van der Waals surface area (Å²) in [6, 6.07) is 2.11. The molecule has 24 heavy (non-hydrogen) atoms. The predicted molar refractivity (Wildman–Crippen MR) is 93.8 cm³/mol. The van der Waals surface area contributed by atoms with Gasteiger partial charge in [-0.1, -0.05) is 26.2 Å². The van der Waals surface area contributed by atoms with E-state index in [2.05, 4.69) is 27.5 Å². The summed E-state index contributed by atoms with van der Waals surface area (Å²) >= 11 is 0. The Balaban J connectivity index is 1.76. The standard InChI is InChI=1S/C18H27N5O/c1-5-13-8-6-7-9-14(13)19-18(24)16-10-15(20-21-16)17-11(2)22-23(4)12(17)3/h10,13-14H,5-9H2,1-4H3,(H,19,24)(H,20,21). The van der Waals surface area contributed by atoms with Crippen molar-refractivity contribution in [3.63, 3.8) is 0 Å². The van der Waals surface area contributed by atoms with Crippen LogP contribution in [0, 0.1) is 19.8 Å². The predicted octanol–water partition coefficient (Wildman–Crippen LogP) is 3.13. The Kier molecular flexibility index (Phi) is 4.73. The maximum Gasteiger partial charge on any atom is 0.269 e. The maximum atomic E-state index is 12.6. The first-order valence-electron chi connectivity index (χ1n) is 8.88. The van der Waals surface area contributed by atoms with Crippen LogP contribution in [0.5, 0.6) is 0 Å². The number of aromatic amines is 1. The quantitative estimate of drug-likeness (QED) is 0.905. The Morgan fingerprint density at radius 2 is 2.12 bits per heavy atom. The summed E-state index contributed by atoms with van der Waals surface area (Å²) in [6.45, 7) is 6.18. The molecule has 130 valence electrons. The second-order valence-electron chi connectivity index (χ2n) is 6.87. The number of aromatic nitrogens is 4. The molecule has 0 aliphatic heterocycles. The van der Waals surface area contributed by atoms with Crippen molar-refractivity contribution in [3.05, 3.63) is 23.1 Å². The molecule has 2 atom stereocenters. The lowest BCUT2D eigenvalue weighted by atomic mass is 9.83. The third kappa shape index (κ3) is 3.09. The summed E-state index contributed by atoms with van der Waals surface area (Å²) in [6.07, 6.45) is 5.88. The minimum Gasteiger partial charge on any atom is -0.348 e. The minimum absolute atomic E-state index is 0.0571. The van der Waals surface area contributed by atoms with Crippen molar-refractivity contribution in [3.8, 4) is 11.3 Å². The molecule has 1 saturated carbocycles. The number of H-pyrrole nitrogens is 1. The number of amides is 1. The Morgan fingerprint density at radius 1 is 1.38 bits per heavy atom.